The third-order valence-electron chi connectivity index (χ3n) is 6.16. The van der Waals surface area contributed by atoms with Crippen LogP contribution in [0.3, 0.4) is 0 Å². The fraction of sp³-hybridized carbons (Fsp3) is 0.333. The van der Waals surface area contributed by atoms with E-state index < -0.39 is 23.1 Å². The molecule has 1 saturated carbocycles. The van der Waals surface area contributed by atoms with Gasteiger partial charge in [-0.15, -0.1) is 5.14 Å². The van der Waals surface area contributed by atoms with Gasteiger partial charge < -0.3 is 14.4 Å². The van der Waals surface area contributed by atoms with Gasteiger partial charge in [0.05, 0.1) is 24.4 Å². The Morgan fingerprint density at radius 1 is 1.26 bits per heavy atom. The summed E-state index contributed by atoms with van der Waals surface area (Å²) >= 11 is -1.54. The van der Waals surface area contributed by atoms with E-state index in [4.69, 9.17) is 9.88 Å². The molecule has 1 atom stereocenters. The van der Waals surface area contributed by atoms with Crippen LogP contribution in [-0.2, 0) is 29.0 Å². The second kappa shape index (κ2) is 10.8. The summed E-state index contributed by atoms with van der Waals surface area (Å²) in [4.78, 5) is 16.4. The van der Waals surface area contributed by atoms with Crippen LogP contribution in [0.2, 0.25) is 0 Å². The Bertz CT molecular complexity index is 1210. The second-order valence-corrected chi connectivity index (χ2v) is 10.3. The number of carboxylic acid groups (broad SMARTS) is 1. The molecule has 0 spiro atoms. The fourth-order valence-electron chi connectivity index (χ4n) is 4.31. The van der Waals surface area contributed by atoms with Crippen molar-refractivity contribution in [1.29, 1.82) is 0 Å². The quantitative estimate of drug-likeness (QED) is 0.377. The molecule has 184 valence electrons. The molecule has 35 heavy (non-hydrogen) atoms. The van der Waals surface area contributed by atoms with Crippen LogP contribution < -0.4 is 9.88 Å². The smallest absolute Gasteiger partial charge is 0.307 e. The molecule has 1 aliphatic rings. The molecule has 0 aliphatic heterocycles. The molecule has 0 amide bonds. The monoisotopic (exact) mass is 496 g/mol. The summed E-state index contributed by atoms with van der Waals surface area (Å²) in [5.74, 6) is -0.550. The summed E-state index contributed by atoms with van der Waals surface area (Å²) in [5, 5.41) is 15.1. The number of aliphatic carboxylic acids is 1. The van der Waals surface area contributed by atoms with E-state index in [1.165, 1.54) is 12.1 Å². The maximum Gasteiger partial charge on any atom is 0.307 e. The predicted molar refractivity (Wildman–Crippen MR) is 133 cm³/mol. The molecule has 0 bridgehead atoms. The number of ether oxygens (including phenoxy) is 1. The molecule has 8 heteroatoms. The first-order valence-electron chi connectivity index (χ1n) is 11.6. The van der Waals surface area contributed by atoms with Gasteiger partial charge in [-0.25, -0.2) is 9.37 Å². The summed E-state index contributed by atoms with van der Waals surface area (Å²) in [7, 11) is 0. The van der Waals surface area contributed by atoms with Crippen molar-refractivity contribution in [3.05, 3.63) is 76.7 Å². The van der Waals surface area contributed by atoms with E-state index in [2.05, 4.69) is 11.1 Å². The maximum atomic E-state index is 14.4. The van der Waals surface area contributed by atoms with Gasteiger partial charge in [0, 0.05) is 18.7 Å². The van der Waals surface area contributed by atoms with E-state index in [0.29, 0.717) is 52.0 Å². The molecule has 1 aliphatic carbocycles. The summed E-state index contributed by atoms with van der Waals surface area (Å²) < 4.78 is 32.2. The van der Waals surface area contributed by atoms with Crippen molar-refractivity contribution in [2.45, 2.75) is 56.3 Å². The Labute approximate surface area is 207 Å². The molecule has 6 nitrogen and oxygen atoms in total. The highest BCUT2D eigenvalue weighted by molar-refractivity contribution is 7.89. The second-order valence-electron chi connectivity index (χ2n) is 9.21. The van der Waals surface area contributed by atoms with Gasteiger partial charge in [-0.05, 0) is 88.4 Å². The number of halogens is 1. The minimum Gasteiger partial charge on any atom is -0.593 e. The van der Waals surface area contributed by atoms with Crippen LogP contribution in [0.4, 0.5) is 4.39 Å². The summed E-state index contributed by atoms with van der Waals surface area (Å²) in [6, 6.07) is 12.1. The third kappa shape index (κ3) is 6.39. The number of benzene rings is 2. The average Bonchev–Trinajstić information content (AvgIpc) is 3.65. The molecule has 0 radical (unpaired) electrons. The van der Waals surface area contributed by atoms with E-state index in [1.807, 2.05) is 26.0 Å². The largest absolute Gasteiger partial charge is 0.593 e. The molecule has 3 N–H and O–H groups in total. The Hall–Kier alpha value is -2.94. The van der Waals surface area contributed by atoms with Gasteiger partial charge in [-0.3, -0.25) is 4.79 Å². The zero-order valence-electron chi connectivity index (χ0n) is 19.8. The van der Waals surface area contributed by atoms with E-state index in [0.717, 1.165) is 24.0 Å². The summed E-state index contributed by atoms with van der Waals surface area (Å²) in [6.07, 6.45) is 4.21. The molecule has 2 aromatic carbocycles. The minimum atomic E-state index is -1.54. The zero-order valence-corrected chi connectivity index (χ0v) is 20.6. The Morgan fingerprint density at radius 3 is 2.69 bits per heavy atom. The molecule has 3 aromatic rings. The molecular weight excluding hydrogens is 467 g/mol. The maximum absolute atomic E-state index is 14.4. The Kier molecular flexibility index (Phi) is 7.74. The molecule has 0 saturated heterocycles. The van der Waals surface area contributed by atoms with Crippen LogP contribution in [0.5, 0.6) is 5.88 Å². The van der Waals surface area contributed by atoms with Gasteiger partial charge in [0.1, 0.15) is 5.82 Å². The van der Waals surface area contributed by atoms with Crippen LogP contribution in [0.1, 0.15) is 60.8 Å². The number of pyridine rings is 1. The molecular formula is C27H29FN2O4S. The third-order valence-corrected chi connectivity index (χ3v) is 6.86. The van der Waals surface area contributed by atoms with E-state index >= 15 is 0 Å². The lowest BCUT2D eigenvalue weighted by Crippen LogP contribution is -2.13. The van der Waals surface area contributed by atoms with Crippen LogP contribution in [0.15, 0.2) is 53.6 Å². The Morgan fingerprint density at radius 2 is 2.03 bits per heavy atom. The topological polar surface area (TPSA) is 109 Å². The van der Waals surface area contributed by atoms with Crippen LogP contribution in [0.25, 0.3) is 11.1 Å². The first kappa shape index (κ1) is 25.2. The van der Waals surface area contributed by atoms with Crippen molar-refractivity contribution in [3.63, 3.8) is 0 Å². The van der Waals surface area contributed by atoms with Crippen LogP contribution in [0, 0.1) is 5.82 Å². The summed E-state index contributed by atoms with van der Waals surface area (Å²) in [5.41, 5.74) is 4.58. The SMILES string of the molecule is CC(C)c1cc(F)cc(-c2ccnc(OCCc3cc(C4CC4)cc([S+](N)[O-])c3)c2)c1CC(=O)O. The van der Waals surface area contributed by atoms with Crippen molar-refractivity contribution in [2.24, 2.45) is 5.14 Å². The summed E-state index contributed by atoms with van der Waals surface area (Å²) in [6.45, 7) is 4.16. The number of carbonyl (C=O) groups is 1. The fourth-order valence-corrected chi connectivity index (χ4v) is 4.83. The first-order chi connectivity index (χ1) is 16.7. The highest BCUT2D eigenvalue weighted by Crippen LogP contribution is 2.41. The van der Waals surface area contributed by atoms with Crippen molar-refractivity contribution in [2.75, 3.05) is 6.61 Å². The molecule has 1 heterocycles. The van der Waals surface area contributed by atoms with E-state index in [1.54, 1.807) is 18.3 Å². The number of hydrogen-bond acceptors (Lipinski definition) is 5. The predicted octanol–water partition coefficient (Wildman–Crippen LogP) is 5.12. The van der Waals surface area contributed by atoms with Crippen molar-refractivity contribution in [3.8, 4) is 17.0 Å². The van der Waals surface area contributed by atoms with Gasteiger partial charge in [-0.2, -0.15) is 0 Å². The average molecular weight is 497 g/mol. The lowest BCUT2D eigenvalue weighted by atomic mass is 9.88. The number of aromatic nitrogens is 1. The van der Waals surface area contributed by atoms with Gasteiger partial charge in [0.2, 0.25) is 5.88 Å². The minimum absolute atomic E-state index is 0.0319. The lowest BCUT2D eigenvalue weighted by Gasteiger charge is -2.17. The Balaban J connectivity index is 1.54. The van der Waals surface area contributed by atoms with Crippen molar-refractivity contribution in [1.82, 2.24) is 4.98 Å². The van der Waals surface area contributed by atoms with Gasteiger partial charge in [0.25, 0.3) is 0 Å². The zero-order chi connectivity index (χ0) is 25.1. The molecule has 1 fully saturated rings. The number of nitrogens with zero attached hydrogens (tertiary/aromatic N) is 1. The van der Waals surface area contributed by atoms with E-state index in [-0.39, 0.29) is 12.3 Å². The number of carboxylic acids is 1. The highest BCUT2D eigenvalue weighted by atomic mass is 32.2. The molecule has 4 rings (SSSR count). The number of hydrogen-bond donors (Lipinski definition) is 2. The standard InChI is InChI=1S/C27H29FN2O4S/c1-16(2)23-13-21(28)14-24(25(23)15-27(31)32)19-5-7-30-26(12-19)34-8-6-17-9-20(18-3-4-18)11-22(10-17)35(29)33/h5,7,9-14,16,18H,3-4,6,8,15,29H2,1-2H3,(H,31,32). The van der Waals surface area contributed by atoms with Crippen molar-refractivity contribution < 1.29 is 23.6 Å². The van der Waals surface area contributed by atoms with Crippen molar-refractivity contribution >= 4 is 17.3 Å². The van der Waals surface area contributed by atoms with Gasteiger partial charge >= 0.3 is 5.97 Å². The first-order valence-corrected chi connectivity index (χ1v) is 12.9. The molecule has 1 unspecified atom stereocenters. The van der Waals surface area contributed by atoms with Crippen LogP contribution in [-0.4, -0.2) is 27.2 Å². The molecule has 1 aromatic heterocycles. The van der Waals surface area contributed by atoms with Gasteiger partial charge in [-0.1, -0.05) is 19.9 Å². The van der Waals surface area contributed by atoms with Gasteiger partial charge in [0.15, 0.2) is 4.90 Å². The number of rotatable bonds is 10. The lowest BCUT2D eigenvalue weighted by molar-refractivity contribution is -0.136. The number of nitrogens with two attached hydrogens (primary N) is 1. The highest BCUT2D eigenvalue weighted by Gasteiger charge is 2.25. The normalized spacial score (nSPS) is 14.2. The van der Waals surface area contributed by atoms with Crippen LogP contribution >= 0.6 is 0 Å². The van der Waals surface area contributed by atoms with E-state index in [9.17, 15) is 18.8 Å².